The summed E-state index contributed by atoms with van der Waals surface area (Å²) in [5, 5.41) is 7.60. The summed E-state index contributed by atoms with van der Waals surface area (Å²) in [6.07, 6.45) is 3.23. The van der Waals surface area contributed by atoms with E-state index in [1.165, 1.54) is 5.56 Å². The number of carbonyl (C=O) groups excluding carboxylic acids is 1. The van der Waals surface area contributed by atoms with Gasteiger partial charge in [0.15, 0.2) is 5.78 Å². The number of benzene rings is 2. The molecular weight excluding hydrogens is 312 g/mol. The first kappa shape index (κ1) is 16.6. The van der Waals surface area contributed by atoms with E-state index in [0.29, 0.717) is 12.1 Å². The van der Waals surface area contributed by atoms with Gasteiger partial charge in [-0.2, -0.15) is 5.10 Å². The zero-order chi connectivity index (χ0) is 17.8. The van der Waals surface area contributed by atoms with Gasteiger partial charge in [-0.1, -0.05) is 54.6 Å². The van der Waals surface area contributed by atoms with Crippen LogP contribution in [0.2, 0.25) is 0 Å². The first-order chi connectivity index (χ1) is 12.0. The molecule has 0 aromatic heterocycles. The highest BCUT2D eigenvalue weighted by atomic mass is 16.1. The molecule has 2 aromatic carbocycles. The molecule has 0 saturated heterocycles. The van der Waals surface area contributed by atoms with Crippen LogP contribution in [-0.4, -0.2) is 17.5 Å². The van der Waals surface area contributed by atoms with Crippen molar-refractivity contribution in [3.05, 3.63) is 76.9 Å². The number of allylic oxidation sites excluding steroid dienone is 2. The number of hydrogen-bond donors (Lipinski definition) is 2. The van der Waals surface area contributed by atoms with E-state index in [-0.39, 0.29) is 11.7 Å². The molecule has 1 aliphatic carbocycles. The lowest BCUT2D eigenvalue weighted by molar-refractivity contribution is -0.113. The molecule has 0 aliphatic heterocycles. The summed E-state index contributed by atoms with van der Waals surface area (Å²) < 4.78 is 0. The van der Waals surface area contributed by atoms with Gasteiger partial charge >= 0.3 is 0 Å². The van der Waals surface area contributed by atoms with Gasteiger partial charge in [0.1, 0.15) is 0 Å². The van der Waals surface area contributed by atoms with Crippen molar-refractivity contribution in [2.75, 3.05) is 0 Å². The molecular formula is C20H20N4O. The third kappa shape index (κ3) is 3.83. The van der Waals surface area contributed by atoms with Crippen molar-refractivity contribution in [3.63, 3.8) is 0 Å². The Bertz CT molecular complexity index is 888. The van der Waals surface area contributed by atoms with E-state index < -0.39 is 0 Å². The summed E-state index contributed by atoms with van der Waals surface area (Å²) in [5.41, 5.74) is 16.2. The molecule has 0 unspecified atom stereocenters. The highest BCUT2D eigenvalue weighted by Gasteiger charge is 2.19. The molecule has 0 heterocycles. The number of nitrogens with two attached hydrogens (primary N) is 2. The van der Waals surface area contributed by atoms with Crippen LogP contribution in [0.15, 0.2) is 64.8 Å². The summed E-state index contributed by atoms with van der Waals surface area (Å²) >= 11 is 0. The van der Waals surface area contributed by atoms with Crippen LogP contribution in [0, 0.1) is 0 Å². The highest BCUT2D eigenvalue weighted by Crippen LogP contribution is 2.28. The summed E-state index contributed by atoms with van der Waals surface area (Å²) in [4.78, 5) is 12.6. The van der Waals surface area contributed by atoms with Crippen molar-refractivity contribution in [2.24, 2.45) is 21.7 Å². The maximum absolute atomic E-state index is 12.6. The normalized spacial score (nSPS) is 13.2. The maximum Gasteiger partial charge on any atom is 0.211 e. The average Bonchev–Trinajstić information content (AvgIpc) is 3.04. The fourth-order valence-electron chi connectivity index (χ4n) is 2.88. The van der Waals surface area contributed by atoms with Crippen LogP contribution in [0.4, 0.5) is 0 Å². The lowest BCUT2D eigenvalue weighted by Crippen LogP contribution is -2.22. The Morgan fingerprint density at radius 2 is 1.76 bits per heavy atom. The van der Waals surface area contributed by atoms with E-state index in [2.05, 4.69) is 16.3 Å². The summed E-state index contributed by atoms with van der Waals surface area (Å²) in [6, 6.07) is 15.8. The van der Waals surface area contributed by atoms with Gasteiger partial charge in [0.05, 0.1) is 5.71 Å². The number of rotatable bonds is 5. The predicted octanol–water partition coefficient (Wildman–Crippen LogP) is 2.44. The molecule has 0 atom stereocenters. The van der Waals surface area contributed by atoms with Crippen molar-refractivity contribution >= 4 is 23.0 Å². The van der Waals surface area contributed by atoms with E-state index in [1.807, 2.05) is 55.5 Å². The molecule has 0 amide bonds. The van der Waals surface area contributed by atoms with E-state index >= 15 is 0 Å². The molecule has 0 radical (unpaired) electrons. The molecule has 126 valence electrons. The zero-order valence-electron chi connectivity index (χ0n) is 14.1. The Kier molecular flexibility index (Phi) is 4.75. The van der Waals surface area contributed by atoms with Crippen molar-refractivity contribution in [1.29, 1.82) is 0 Å². The summed E-state index contributed by atoms with van der Waals surface area (Å²) in [6.45, 7) is 1.83. The SMILES string of the molecule is C/C(=N\N=C(N)N)c1ccc(CC(=O)C2=CCc3ccccc32)cc1. The van der Waals surface area contributed by atoms with Crippen molar-refractivity contribution in [2.45, 2.75) is 19.8 Å². The van der Waals surface area contributed by atoms with Crippen molar-refractivity contribution < 1.29 is 4.79 Å². The first-order valence-corrected chi connectivity index (χ1v) is 8.08. The van der Waals surface area contributed by atoms with Crippen LogP contribution in [-0.2, 0) is 17.6 Å². The Morgan fingerprint density at radius 3 is 2.48 bits per heavy atom. The molecule has 1 aliphatic rings. The molecule has 5 nitrogen and oxygen atoms in total. The van der Waals surface area contributed by atoms with E-state index in [0.717, 1.165) is 28.7 Å². The molecule has 0 spiro atoms. The molecule has 3 rings (SSSR count). The maximum atomic E-state index is 12.6. The van der Waals surface area contributed by atoms with Crippen LogP contribution >= 0.6 is 0 Å². The summed E-state index contributed by atoms with van der Waals surface area (Å²) in [5.74, 6) is 0.0651. The van der Waals surface area contributed by atoms with Crippen LogP contribution in [0.3, 0.4) is 0 Å². The number of fused-ring (bicyclic) bond motifs is 1. The third-order valence-electron chi connectivity index (χ3n) is 4.19. The van der Waals surface area contributed by atoms with Gasteiger partial charge in [0.25, 0.3) is 0 Å². The Morgan fingerprint density at radius 1 is 1.04 bits per heavy atom. The zero-order valence-corrected chi connectivity index (χ0v) is 14.1. The van der Waals surface area contributed by atoms with Crippen LogP contribution in [0.25, 0.3) is 5.57 Å². The number of carbonyl (C=O) groups is 1. The minimum Gasteiger partial charge on any atom is -0.369 e. The van der Waals surface area contributed by atoms with Gasteiger partial charge in [-0.15, -0.1) is 5.10 Å². The first-order valence-electron chi connectivity index (χ1n) is 8.08. The average molecular weight is 332 g/mol. The highest BCUT2D eigenvalue weighted by molar-refractivity contribution is 6.22. The second-order valence-electron chi connectivity index (χ2n) is 5.99. The number of Topliss-reactive ketones (excluding diaryl/α,β-unsaturated/α-hetero) is 1. The summed E-state index contributed by atoms with van der Waals surface area (Å²) in [7, 11) is 0. The molecule has 0 bridgehead atoms. The van der Waals surface area contributed by atoms with Gasteiger partial charge in [0.2, 0.25) is 5.96 Å². The largest absolute Gasteiger partial charge is 0.369 e. The van der Waals surface area contributed by atoms with Crippen LogP contribution in [0.5, 0.6) is 0 Å². The van der Waals surface area contributed by atoms with E-state index in [1.54, 1.807) is 0 Å². The molecule has 2 aromatic rings. The Hall–Kier alpha value is -3.21. The minimum absolute atomic E-state index is 0.0771. The van der Waals surface area contributed by atoms with Crippen molar-refractivity contribution in [3.8, 4) is 0 Å². The quantitative estimate of drug-likeness (QED) is 0.500. The van der Waals surface area contributed by atoms with E-state index in [4.69, 9.17) is 11.5 Å². The molecule has 0 fully saturated rings. The van der Waals surface area contributed by atoms with E-state index in [9.17, 15) is 4.79 Å². The number of nitrogens with zero attached hydrogens (tertiary/aromatic N) is 2. The lowest BCUT2D eigenvalue weighted by Gasteiger charge is -2.06. The predicted molar refractivity (Wildman–Crippen MR) is 101 cm³/mol. The smallest absolute Gasteiger partial charge is 0.211 e. The Balaban J connectivity index is 1.71. The molecule has 4 N–H and O–H groups in total. The lowest BCUT2D eigenvalue weighted by atomic mass is 9.97. The minimum atomic E-state index is -0.0771. The second kappa shape index (κ2) is 7.13. The van der Waals surface area contributed by atoms with Gasteiger partial charge in [-0.3, -0.25) is 4.79 Å². The topological polar surface area (TPSA) is 93.8 Å². The Labute approximate surface area is 146 Å². The van der Waals surface area contributed by atoms with Gasteiger partial charge in [-0.05, 0) is 35.6 Å². The fourth-order valence-corrected chi connectivity index (χ4v) is 2.88. The van der Waals surface area contributed by atoms with Crippen molar-refractivity contribution in [1.82, 2.24) is 0 Å². The van der Waals surface area contributed by atoms with Gasteiger partial charge < -0.3 is 11.5 Å². The monoisotopic (exact) mass is 332 g/mol. The molecule has 0 saturated carbocycles. The molecule has 5 heteroatoms. The van der Waals surface area contributed by atoms with Gasteiger partial charge in [0, 0.05) is 12.0 Å². The fraction of sp³-hybridized carbons (Fsp3) is 0.150. The third-order valence-corrected chi connectivity index (χ3v) is 4.19. The standard InChI is InChI=1S/C20H20N4O/c1-13(23-24-20(21)22)15-8-6-14(7-9-15)12-19(25)18-11-10-16-4-2-3-5-17(16)18/h2-9,11H,10,12H2,1H3,(H4,21,22,24)/b23-13+. The van der Waals surface area contributed by atoms with Crippen LogP contribution in [0.1, 0.15) is 29.2 Å². The number of guanidine groups is 1. The van der Waals surface area contributed by atoms with Gasteiger partial charge in [-0.25, -0.2) is 0 Å². The second-order valence-corrected chi connectivity index (χ2v) is 5.99. The number of ketones is 1. The number of hydrogen-bond acceptors (Lipinski definition) is 3. The molecule has 25 heavy (non-hydrogen) atoms. The van der Waals surface area contributed by atoms with Crippen LogP contribution < -0.4 is 11.5 Å².